The number of nitrogens with zero attached hydrogens (tertiary/aromatic N) is 3. The number of nitrogens with one attached hydrogen (secondary N) is 1. The molecule has 4 aromatic rings. The third kappa shape index (κ3) is 2.56. The minimum atomic E-state index is -0.482. The first-order valence-corrected chi connectivity index (χ1v) is 7.08. The summed E-state index contributed by atoms with van der Waals surface area (Å²) < 4.78 is 32.1. The van der Waals surface area contributed by atoms with Crippen molar-refractivity contribution in [3.63, 3.8) is 0 Å². The molecule has 0 atom stereocenters. The first kappa shape index (κ1) is 14.3. The molecule has 0 unspecified atom stereocenters. The van der Waals surface area contributed by atoms with Crippen LogP contribution in [0.4, 0.5) is 8.78 Å². The monoisotopic (exact) mass is 324 g/mol. The van der Waals surface area contributed by atoms with Gasteiger partial charge in [0.2, 0.25) is 12.3 Å². The van der Waals surface area contributed by atoms with Crippen LogP contribution in [-0.4, -0.2) is 20.4 Å². The highest BCUT2D eigenvalue weighted by molar-refractivity contribution is 5.92. The van der Waals surface area contributed by atoms with Gasteiger partial charge in [-0.15, -0.1) is 10.2 Å². The Morgan fingerprint density at radius 1 is 1.04 bits per heavy atom. The van der Waals surface area contributed by atoms with Crippen molar-refractivity contribution in [2.24, 2.45) is 0 Å². The van der Waals surface area contributed by atoms with Crippen LogP contribution in [0.1, 0.15) is 11.3 Å². The second kappa shape index (κ2) is 5.69. The fraction of sp³-hybridized carbons (Fsp3) is 0. The van der Waals surface area contributed by atoms with Crippen LogP contribution in [0.2, 0.25) is 0 Å². The number of aromatic nitrogens is 4. The SMILES string of the molecule is Fc1ccc(/C=C/c2n[nH]c3cc(F)c(-c4nnco4)cc23)cc1. The summed E-state index contributed by atoms with van der Waals surface area (Å²) in [7, 11) is 0. The van der Waals surface area contributed by atoms with Gasteiger partial charge in [-0.1, -0.05) is 18.2 Å². The number of aromatic amines is 1. The molecule has 2 aromatic carbocycles. The molecule has 0 radical (unpaired) electrons. The Balaban J connectivity index is 1.76. The molecule has 24 heavy (non-hydrogen) atoms. The summed E-state index contributed by atoms with van der Waals surface area (Å²) in [6, 6.07) is 9.01. The van der Waals surface area contributed by atoms with Crippen molar-refractivity contribution in [3.05, 3.63) is 65.7 Å². The molecule has 0 aliphatic heterocycles. The van der Waals surface area contributed by atoms with Gasteiger partial charge >= 0.3 is 0 Å². The van der Waals surface area contributed by atoms with E-state index in [1.165, 1.54) is 18.2 Å². The van der Waals surface area contributed by atoms with E-state index in [1.54, 1.807) is 30.4 Å². The van der Waals surface area contributed by atoms with Gasteiger partial charge in [0.05, 0.1) is 16.8 Å². The van der Waals surface area contributed by atoms with Crippen LogP contribution in [0.25, 0.3) is 34.5 Å². The maximum atomic E-state index is 14.2. The summed E-state index contributed by atoms with van der Waals surface area (Å²) in [4.78, 5) is 0. The van der Waals surface area contributed by atoms with E-state index in [-0.39, 0.29) is 17.3 Å². The molecule has 1 N–H and O–H groups in total. The second-order valence-corrected chi connectivity index (χ2v) is 5.12. The number of hydrogen-bond acceptors (Lipinski definition) is 4. The van der Waals surface area contributed by atoms with Crippen molar-refractivity contribution >= 4 is 23.1 Å². The molecule has 0 bridgehead atoms. The van der Waals surface area contributed by atoms with Crippen molar-refractivity contribution < 1.29 is 13.2 Å². The lowest BCUT2D eigenvalue weighted by Crippen LogP contribution is -1.85. The molecule has 2 aromatic heterocycles. The Kier molecular flexibility index (Phi) is 3.38. The summed E-state index contributed by atoms with van der Waals surface area (Å²) in [5.74, 6) is -0.675. The molecule has 0 spiro atoms. The predicted octanol–water partition coefficient (Wildman–Crippen LogP) is 4.06. The van der Waals surface area contributed by atoms with Crippen molar-refractivity contribution in [2.45, 2.75) is 0 Å². The molecule has 118 valence electrons. The second-order valence-electron chi connectivity index (χ2n) is 5.12. The zero-order valence-electron chi connectivity index (χ0n) is 12.2. The first-order chi connectivity index (χ1) is 11.7. The lowest BCUT2D eigenvalue weighted by atomic mass is 10.1. The van der Waals surface area contributed by atoms with E-state index in [9.17, 15) is 8.78 Å². The van der Waals surface area contributed by atoms with E-state index in [4.69, 9.17) is 4.42 Å². The highest BCUT2D eigenvalue weighted by atomic mass is 19.1. The van der Waals surface area contributed by atoms with Crippen LogP contribution >= 0.6 is 0 Å². The summed E-state index contributed by atoms with van der Waals surface area (Å²) in [6.07, 6.45) is 4.70. The molecule has 5 nitrogen and oxygen atoms in total. The van der Waals surface area contributed by atoms with E-state index < -0.39 is 5.82 Å². The summed E-state index contributed by atoms with van der Waals surface area (Å²) in [5, 5.41) is 15.0. The van der Waals surface area contributed by atoms with Gasteiger partial charge < -0.3 is 4.42 Å². The zero-order valence-corrected chi connectivity index (χ0v) is 12.2. The lowest BCUT2D eigenvalue weighted by Gasteiger charge is -1.99. The predicted molar refractivity (Wildman–Crippen MR) is 84.7 cm³/mol. The van der Waals surface area contributed by atoms with E-state index in [2.05, 4.69) is 20.4 Å². The number of fused-ring (bicyclic) bond motifs is 1. The molecule has 0 saturated carbocycles. The Morgan fingerprint density at radius 2 is 1.88 bits per heavy atom. The Hall–Kier alpha value is -3.35. The van der Waals surface area contributed by atoms with Gasteiger partial charge in [-0.2, -0.15) is 5.10 Å². The van der Waals surface area contributed by atoms with Gasteiger partial charge in [-0.3, -0.25) is 5.10 Å². The maximum Gasteiger partial charge on any atom is 0.250 e. The summed E-state index contributed by atoms with van der Waals surface area (Å²) in [5.41, 5.74) is 2.20. The van der Waals surface area contributed by atoms with Crippen LogP contribution < -0.4 is 0 Å². The van der Waals surface area contributed by atoms with Gasteiger partial charge in [0, 0.05) is 11.5 Å². The molecular weight excluding hydrogens is 314 g/mol. The van der Waals surface area contributed by atoms with E-state index in [1.807, 2.05) is 0 Å². The molecule has 0 amide bonds. The molecule has 4 rings (SSSR count). The number of halogens is 2. The van der Waals surface area contributed by atoms with E-state index >= 15 is 0 Å². The number of hydrogen-bond donors (Lipinski definition) is 1. The van der Waals surface area contributed by atoms with Crippen LogP contribution in [0.15, 0.2) is 47.2 Å². The summed E-state index contributed by atoms with van der Waals surface area (Å²) in [6.45, 7) is 0. The number of benzene rings is 2. The lowest BCUT2D eigenvalue weighted by molar-refractivity contribution is 0.558. The van der Waals surface area contributed by atoms with Crippen molar-refractivity contribution in [2.75, 3.05) is 0 Å². The molecule has 0 saturated heterocycles. The fourth-order valence-electron chi connectivity index (χ4n) is 2.39. The third-order valence-corrected chi connectivity index (χ3v) is 3.57. The Morgan fingerprint density at radius 3 is 2.62 bits per heavy atom. The van der Waals surface area contributed by atoms with Gasteiger partial charge in [0.25, 0.3) is 0 Å². The minimum Gasteiger partial charge on any atom is -0.423 e. The molecule has 0 aliphatic carbocycles. The van der Waals surface area contributed by atoms with Gasteiger partial charge in [0.15, 0.2) is 0 Å². The topological polar surface area (TPSA) is 67.6 Å². The zero-order chi connectivity index (χ0) is 16.5. The standard InChI is InChI=1S/C17H10F2N4O/c18-11-4-1-10(2-5-11)3-6-15-13-7-12(17-23-20-9-24-17)14(19)8-16(13)22-21-15/h1-9H,(H,21,22)/b6-3+. The molecule has 2 heterocycles. The van der Waals surface area contributed by atoms with Crippen LogP contribution in [-0.2, 0) is 0 Å². The first-order valence-electron chi connectivity index (χ1n) is 7.08. The van der Waals surface area contributed by atoms with Crippen molar-refractivity contribution in [1.82, 2.24) is 20.4 Å². The van der Waals surface area contributed by atoms with Crippen molar-refractivity contribution in [3.8, 4) is 11.5 Å². The van der Waals surface area contributed by atoms with Crippen LogP contribution in [0.5, 0.6) is 0 Å². The quantitative estimate of drug-likeness (QED) is 0.617. The number of H-pyrrole nitrogens is 1. The fourth-order valence-corrected chi connectivity index (χ4v) is 2.39. The Labute approximate surface area is 134 Å². The highest BCUT2D eigenvalue weighted by Crippen LogP contribution is 2.27. The van der Waals surface area contributed by atoms with Gasteiger partial charge in [-0.25, -0.2) is 8.78 Å². The van der Waals surface area contributed by atoms with Crippen molar-refractivity contribution in [1.29, 1.82) is 0 Å². The normalized spacial score (nSPS) is 11.6. The third-order valence-electron chi connectivity index (χ3n) is 3.57. The average molecular weight is 324 g/mol. The van der Waals surface area contributed by atoms with Crippen LogP contribution in [0.3, 0.4) is 0 Å². The smallest absolute Gasteiger partial charge is 0.250 e. The molecule has 0 fully saturated rings. The van der Waals surface area contributed by atoms with E-state index in [0.717, 1.165) is 12.0 Å². The summed E-state index contributed by atoms with van der Waals surface area (Å²) >= 11 is 0. The number of rotatable bonds is 3. The van der Waals surface area contributed by atoms with Gasteiger partial charge in [-0.05, 0) is 29.8 Å². The largest absolute Gasteiger partial charge is 0.423 e. The average Bonchev–Trinajstić information content (AvgIpc) is 3.23. The van der Waals surface area contributed by atoms with Crippen LogP contribution in [0, 0.1) is 11.6 Å². The van der Waals surface area contributed by atoms with E-state index in [0.29, 0.717) is 16.6 Å². The Bertz CT molecular complexity index is 1020. The minimum absolute atomic E-state index is 0.101. The van der Waals surface area contributed by atoms with Gasteiger partial charge in [0.1, 0.15) is 11.6 Å². The molecule has 7 heteroatoms. The molecule has 0 aliphatic rings. The molecular formula is C17H10F2N4O. The highest BCUT2D eigenvalue weighted by Gasteiger charge is 2.14. The maximum absolute atomic E-state index is 14.2.